The monoisotopic (exact) mass is 240 g/mol. The van der Waals surface area contributed by atoms with Crippen LogP contribution in [-0.4, -0.2) is 25.8 Å². The molecule has 0 spiro atoms. The second kappa shape index (κ2) is 7.62. The Morgan fingerprint density at radius 1 is 1.29 bits per heavy atom. The van der Waals surface area contributed by atoms with Crippen LogP contribution in [0.15, 0.2) is 24.3 Å². The Labute approximate surface area is 100 Å². The molecular weight excluding hydrogens is 223 g/mol. The van der Waals surface area contributed by atoms with Gasteiger partial charge in [-0.2, -0.15) is 0 Å². The first kappa shape index (κ1) is 13.4. The van der Waals surface area contributed by atoms with Crippen molar-refractivity contribution in [2.75, 3.05) is 25.0 Å². The summed E-state index contributed by atoms with van der Waals surface area (Å²) in [5.74, 6) is -0.340. The highest BCUT2D eigenvalue weighted by molar-refractivity contribution is 5.84. The number of benzene rings is 1. The van der Waals surface area contributed by atoms with Crippen molar-refractivity contribution in [3.8, 4) is 0 Å². The van der Waals surface area contributed by atoms with Gasteiger partial charge in [0, 0.05) is 12.2 Å². The summed E-state index contributed by atoms with van der Waals surface area (Å²) in [6.07, 6.45) is 0.511. The van der Waals surface area contributed by atoms with E-state index in [4.69, 9.17) is 4.74 Å². The van der Waals surface area contributed by atoms with Crippen LogP contribution in [0.2, 0.25) is 0 Å². The molecule has 2 N–H and O–H groups in total. The van der Waals surface area contributed by atoms with Crippen molar-refractivity contribution in [3.05, 3.63) is 30.1 Å². The van der Waals surface area contributed by atoms with E-state index < -0.39 is 6.09 Å². The first-order valence-electron chi connectivity index (χ1n) is 5.62. The predicted molar refractivity (Wildman–Crippen MR) is 64.5 cm³/mol. The van der Waals surface area contributed by atoms with E-state index in [1.807, 2.05) is 0 Å². The number of carbonyl (C=O) groups is 1. The van der Waals surface area contributed by atoms with Crippen LogP contribution in [0.25, 0.3) is 0 Å². The van der Waals surface area contributed by atoms with Gasteiger partial charge in [-0.25, -0.2) is 9.18 Å². The van der Waals surface area contributed by atoms with Crippen molar-refractivity contribution < 1.29 is 13.9 Å². The Morgan fingerprint density at radius 3 is 2.65 bits per heavy atom. The Kier molecular flexibility index (Phi) is 6.03. The summed E-state index contributed by atoms with van der Waals surface area (Å²) in [6, 6.07) is 5.51. The minimum absolute atomic E-state index is 0.313. The van der Waals surface area contributed by atoms with Gasteiger partial charge in [0.1, 0.15) is 12.4 Å². The smallest absolute Gasteiger partial charge is 0.411 e. The zero-order chi connectivity index (χ0) is 12.5. The van der Waals surface area contributed by atoms with Crippen molar-refractivity contribution in [1.82, 2.24) is 5.32 Å². The largest absolute Gasteiger partial charge is 0.448 e. The summed E-state index contributed by atoms with van der Waals surface area (Å²) in [5, 5.41) is 5.61. The van der Waals surface area contributed by atoms with E-state index >= 15 is 0 Å². The van der Waals surface area contributed by atoms with Crippen LogP contribution in [0.3, 0.4) is 0 Å². The molecule has 0 radical (unpaired) electrons. The number of ether oxygens (including phenoxy) is 1. The molecule has 0 unspecified atom stereocenters. The molecule has 0 heterocycles. The van der Waals surface area contributed by atoms with Gasteiger partial charge in [0.15, 0.2) is 0 Å². The van der Waals surface area contributed by atoms with Crippen LogP contribution in [-0.2, 0) is 4.74 Å². The Balaban J connectivity index is 2.18. The Morgan fingerprint density at radius 2 is 2.00 bits per heavy atom. The molecule has 1 rings (SSSR count). The number of anilines is 1. The Hall–Kier alpha value is -1.62. The fourth-order valence-corrected chi connectivity index (χ4v) is 1.20. The van der Waals surface area contributed by atoms with Gasteiger partial charge >= 0.3 is 6.09 Å². The van der Waals surface area contributed by atoms with Crippen molar-refractivity contribution in [3.63, 3.8) is 0 Å². The van der Waals surface area contributed by atoms with E-state index in [1.165, 1.54) is 24.3 Å². The molecule has 1 aromatic carbocycles. The van der Waals surface area contributed by atoms with Gasteiger partial charge in [0.2, 0.25) is 0 Å². The number of nitrogens with one attached hydrogen (secondary N) is 2. The van der Waals surface area contributed by atoms with Crippen LogP contribution in [0.1, 0.15) is 13.3 Å². The molecule has 0 saturated heterocycles. The molecule has 0 aliphatic rings. The zero-order valence-corrected chi connectivity index (χ0v) is 9.83. The lowest BCUT2D eigenvalue weighted by molar-refractivity contribution is 0.162. The fourth-order valence-electron chi connectivity index (χ4n) is 1.20. The molecule has 17 heavy (non-hydrogen) atoms. The molecule has 0 bridgehead atoms. The summed E-state index contributed by atoms with van der Waals surface area (Å²) in [7, 11) is 0. The average molecular weight is 240 g/mol. The van der Waals surface area contributed by atoms with E-state index in [0.717, 1.165) is 13.0 Å². The quantitative estimate of drug-likeness (QED) is 0.750. The van der Waals surface area contributed by atoms with Crippen LogP contribution < -0.4 is 10.6 Å². The third-order valence-corrected chi connectivity index (χ3v) is 2.03. The molecule has 1 aromatic rings. The van der Waals surface area contributed by atoms with E-state index in [1.54, 1.807) is 0 Å². The molecule has 94 valence electrons. The number of carbonyl (C=O) groups excluding carboxylic acids is 1. The number of amides is 1. The lowest BCUT2D eigenvalue weighted by Gasteiger charge is -2.07. The molecule has 0 saturated carbocycles. The van der Waals surface area contributed by atoms with Crippen LogP contribution in [0.5, 0.6) is 0 Å². The standard InChI is InChI=1S/C12H17FN2O2/c1-2-7-14-8-9-17-12(16)15-11-5-3-10(13)4-6-11/h3-6,14H,2,7-9H2,1H3,(H,15,16). The first-order chi connectivity index (χ1) is 8.22. The highest BCUT2D eigenvalue weighted by Crippen LogP contribution is 2.08. The molecular formula is C12H17FN2O2. The first-order valence-corrected chi connectivity index (χ1v) is 5.62. The predicted octanol–water partition coefficient (Wildman–Crippen LogP) is 2.37. The number of rotatable bonds is 6. The van der Waals surface area contributed by atoms with E-state index in [2.05, 4.69) is 17.6 Å². The van der Waals surface area contributed by atoms with Gasteiger partial charge in [-0.3, -0.25) is 5.32 Å². The molecule has 0 aliphatic carbocycles. The van der Waals surface area contributed by atoms with Gasteiger partial charge in [-0.1, -0.05) is 6.92 Å². The minimum atomic E-state index is -0.532. The third kappa shape index (κ3) is 5.87. The van der Waals surface area contributed by atoms with Crippen molar-refractivity contribution >= 4 is 11.8 Å². The number of hydrogen-bond acceptors (Lipinski definition) is 3. The highest BCUT2D eigenvalue weighted by atomic mass is 19.1. The zero-order valence-electron chi connectivity index (χ0n) is 9.83. The molecule has 0 fully saturated rings. The maximum Gasteiger partial charge on any atom is 0.411 e. The molecule has 0 aliphatic heterocycles. The molecule has 5 heteroatoms. The molecule has 4 nitrogen and oxygen atoms in total. The summed E-state index contributed by atoms with van der Waals surface area (Å²) >= 11 is 0. The lowest BCUT2D eigenvalue weighted by Crippen LogP contribution is -2.23. The van der Waals surface area contributed by atoms with Crippen molar-refractivity contribution in [2.45, 2.75) is 13.3 Å². The van der Waals surface area contributed by atoms with Crippen molar-refractivity contribution in [2.24, 2.45) is 0 Å². The molecule has 0 atom stereocenters. The second-order valence-electron chi connectivity index (χ2n) is 3.52. The van der Waals surface area contributed by atoms with Crippen LogP contribution in [0, 0.1) is 5.82 Å². The van der Waals surface area contributed by atoms with E-state index in [-0.39, 0.29) is 5.82 Å². The van der Waals surface area contributed by atoms with Crippen molar-refractivity contribution in [1.29, 1.82) is 0 Å². The van der Waals surface area contributed by atoms with Crippen LogP contribution in [0.4, 0.5) is 14.9 Å². The Bertz CT molecular complexity index is 341. The molecule has 1 amide bonds. The summed E-state index contributed by atoms with van der Waals surface area (Å²) < 4.78 is 17.5. The minimum Gasteiger partial charge on any atom is -0.448 e. The maximum atomic E-state index is 12.6. The van der Waals surface area contributed by atoms with Gasteiger partial charge in [0.05, 0.1) is 0 Å². The summed E-state index contributed by atoms with van der Waals surface area (Å²) in [6.45, 7) is 3.91. The van der Waals surface area contributed by atoms with Crippen LogP contribution >= 0.6 is 0 Å². The maximum absolute atomic E-state index is 12.6. The van der Waals surface area contributed by atoms with E-state index in [0.29, 0.717) is 18.8 Å². The van der Waals surface area contributed by atoms with Gasteiger partial charge in [0.25, 0.3) is 0 Å². The number of hydrogen-bond donors (Lipinski definition) is 2. The fraction of sp³-hybridized carbons (Fsp3) is 0.417. The average Bonchev–Trinajstić information content (AvgIpc) is 2.32. The third-order valence-electron chi connectivity index (χ3n) is 2.03. The van der Waals surface area contributed by atoms with E-state index in [9.17, 15) is 9.18 Å². The number of halogens is 1. The van der Waals surface area contributed by atoms with Gasteiger partial charge < -0.3 is 10.1 Å². The summed E-state index contributed by atoms with van der Waals surface area (Å²) in [4.78, 5) is 11.3. The topological polar surface area (TPSA) is 50.4 Å². The second-order valence-corrected chi connectivity index (χ2v) is 3.52. The SMILES string of the molecule is CCCNCCOC(=O)Nc1ccc(F)cc1. The highest BCUT2D eigenvalue weighted by Gasteiger charge is 2.02. The van der Waals surface area contributed by atoms with Gasteiger partial charge in [-0.15, -0.1) is 0 Å². The lowest BCUT2D eigenvalue weighted by atomic mass is 10.3. The molecule has 0 aromatic heterocycles. The normalized spacial score (nSPS) is 10.0. The van der Waals surface area contributed by atoms with Gasteiger partial charge in [-0.05, 0) is 37.2 Å². The summed E-state index contributed by atoms with van der Waals surface area (Å²) in [5.41, 5.74) is 0.512.